The maximum atomic E-state index is 5.99. The van der Waals surface area contributed by atoms with Crippen molar-refractivity contribution in [2.45, 2.75) is 32.7 Å². The van der Waals surface area contributed by atoms with Gasteiger partial charge in [-0.3, -0.25) is 0 Å². The van der Waals surface area contributed by atoms with Gasteiger partial charge >= 0.3 is 0 Å². The number of hydrogen-bond acceptors (Lipinski definition) is 2. The van der Waals surface area contributed by atoms with Crippen LogP contribution < -0.4 is 10.5 Å². The maximum Gasteiger partial charge on any atom is 0.128 e. The van der Waals surface area contributed by atoms with Crippen molar-refractivity contribution in [3.8, 4) is 5.75 Å². The Labute approximate surface area is 85.1 Å². The third-order valence-corrected chi connectivity index (χ3v) is 2.84. The lowest BCUT2D eigenvalue weighted by atomic mass is 9.94. The Morgan fingerprint density at radius 2 is 2.14 bits per heavy atom. The molecule has 2 rings (SSSR count). The Balaban J connectivity index is 2.59. The molecule has 0 aliphatic carbocycles. The van der Waals surface area contributed by atoms with Crippen molar-refractivity contribution in [2.24, 2.45) is 5.73 Å². The van der Waals surface area contributed by atoms with E-state index >= 15 is 0 Å². The van der Waals surface area contributed by atoms with E-state index in [1.165, 1.54) is 16.7 Å². The third-order valence-electron chi connectivity index (χ3n) is 2.84. The number of ether oxygens (including phenoxy) is 1. The monoisotopic (exact) mass is 191 g/mol. The molecule has 76 valence electrons. The summed E-state index contributed by atoms with van der Waals surface area (Å²) in [5, 5.41) is 0. The van der Waals surface area contributed by atoms with Gasteiger partial charge in [-0.25, -0.2) is 0 Å². The van der Waals surface area contributed by atoms with Crippen molar-refractivity contribution in [1.82, 2.24) is 0 Å². The molecule has 0 radical (unpaired) electrons. The average Bonchev–Trinajstić information content (AvgIpc) is 2.49. The first-order chi connectivity index (χ1) is 6.61. The van der Waals surface area contributed by atoms with Gasteiger partial charge in [0.05, 0.1) is 6.04 Å². The maximum absolute atomic E-state index is 5.99. The van der Waals surface area contributed by atoms with E-state index in [-0.39, 0.29) is 6.04 Å². The van der Waals surface area contributed by atoms with E-state index in [2.05, 4.69) is 32.9 Å². The van der Waals surface area contributed by atoms with Gasteiger partial charge in [0.2, 0.25) is 0 Å². The van der Waals surface area contributed by atoms with Crippen LogP contribution in [0.2, 0.25) is 0 Å². The normalized spacial score (nSPS) is 19.6. The highest BCUT2D eigenvalue weighted by atomic mass is 16.5. The van der Waals surface area contributed by atoms with Gasteiger partial charge in [-0.2, -0.15) is 0 Å². The first-order valence-electron chi connectivity index (χ1n) is 5.13. The average molecular weight is 191 g/mol. The first-order valence-corrected chi connectivity index (χ1v) is 5.13. The highest BCUT2D eigenvalue weighted by Crippen LogP contribution is 2.39. The Kier molecular flexibility index (Phi) is 2.23. The SMILES string of the molecule is Cc1ccc(C(C)C)c2c1[C@@H](N)CO2. The summed E-state index contributed by atoms with van der Waals surface area (Å²) in [5.74, 6) is 1.53. The standard InChI is InChI=1S/C12H17NO/c1-7(2)9-5-4-8(3)11-10(13)6-14-12(9)11/h4-5,7,10H,6,13H2,1-3H3/t10-/m0/s1. The molecule has 0 amide bonds. The molecule has 0 spiro atoms. The van der Waals surface area contributed by atoms with Crippen molar-refractivity contribution in [3.05, 3.63) is 28.8 Å². The van der Waals surface area contributed by atoms with Crippen molar-refractivity contribution in [2.75, 3.05) is 6.61 Å². The van der Waals surface area contributed by atoms with Crippen molar-refractivity contribution < 1.29 is 4.74 Å². The van der Waals surface area contributed by atoms with Crippen LogP contribution in [0.5, 0.6) is 5.75 Å². The topological polar surface area (TPSA) is 35.2 Å². The molecule has 0 bridgehead atoms. The van der Waals surface area contributed by atoms with E-state index in [0.717, 1.165) is 5.75 Å². The molecular weight excluding hydrogens is 174 g/mol. The van der Waals surface area contributed by atoms with Gasteiger partial charge in [0.1, 0.15) is 12.4 Å². The van der Waals surface area contributed by atoms with Crippen LogP contribution in [0.4, 0.5) is 0 Å². The first kappa shape index (κ1) is 9.53. The van der Waals surface area contributed by atoms with Gasteiger partial charge in [-0.1, -0.05) is 26.0 Å². The molecule has 2 N–H and O–H groups in total. The largest absolute Gasteiger partial charge is 0.491 e. The zero-order chi connectivity index (χ0) is 10.3. The molecule has 0 saturated heterocycles. The molecular formula is C12H17NO. The van der Waals surface area contributed by atoms with E-state index in [1.807, 2.05) is 0 Å². The van der Waals surface area contributed by atoms with Crippen LogP contribution in [-0.4, -0.2) is 6.61 Å². The van der Waals surface area contributed by atoms with Crippen LogP contribution in [0.15, 0.2) is 12.1 Å². The third kappa shape index (κ3) is 1.30. The predicted octanol–water partition coefficient (Wildman–Crippen LogP) is 2.51. The molecule has 1 aromatic carbocycles. The number of rotatable bonds is 1. The van der Waals surface area contributed by atoms with Gasteiger partial charge in [0, 0.05) is 5.56 Å². The van der Waals surface area contributed by atoms with Gasteiger partial charge in [0.15, 0.2) is 0 Å². The van der Waals surface area contributed by atoms with Crippen LogP contribution in [0.25, 0.3) is 0 Å². The number of fused-ring (bicyclic) bond motifs is 1. The molecule has 0 aromatic heterocycles. The Hall–Kier alpha value is -1.02. The number of aryl methyl sites for hydroxylation is 1. The fraction of sp³-hybridized carbons (Fsp3) is 0.500. The molecule has 1 aromatic rings. The summed E-state index contributed by atoms with van der Waals surface area (Å²) in [4.78, 5) is 0. The van der Waals surface area contributed by atoms with Gasteiger partial charge < -0.3 is 10.5 Å². The van der Waals surface area contributed by atoms with Gasteiger partial charge in [-0.05, 0) is 24.0 Å². The number of benzene rings is 1. The summed E-state index contributed by atoms with van der Waals surface area (Å²) in [7, 11) is 0. The molecule has 2 heteroatoms. The second-order valence-electron chi connectivity index (χ2n) is 4.29. The van der Waals surface area contributed by atoms with Crippen LogP contribution in [0.1, 0.15) is 42.5 Å². The summed E-state index contributed by atoms with van der Waals surface area (Å²) in [6.45, 7) is 7.08. The lowest BCUT2D eigenvalue weighted by Gasteiger charge is -2.13. The van der Waals surface area contributed by atoms with E-state index in [0.29, 0.717) is 12.5 Å². The molecule has 1 aliphatic rings. The number of hydrogen-bond donors (Lipinski definition) is 1. The lowest BCUT2D eigenvalue weighted by Crippen LogP contribution is -2.11. The fourth-order valence-corrected chi connectivity index (χ4v) is 2.05. The predicted molar refractivity (Wildman–Crippen MR) is 57.7 cm³/mol. The Bertz CT molecular complexity index is 358. The van der Waals surface area contributed by atoms with Crippen LogP contribution in [-0.2, 0) is 0 Å². The summed E-state index contributed by atoms with van der Waals surface area (Å²) >= 11 is 0. The molecule has 1 heterocycles. The van der Waals surface area contributed by atoms with Crippen LogP contribution >= 0.6 is 0 Å². The molecule has 14 heavy (non-hydrogen) atoms. The Morgan fingerprint density at radius 3 is 2.79 bits per heavy atom. The second-order valence-corrected chi connectivity index (χ2v) is 4.29. The summed E-state index contributed by atoms with van der Waals surface area (Å²) < 4.78 is 5.66. The van der Waals surface area contributed by atoms with Crippen LogP contribution in [0.3, 0.4) is 0 Å². The smallest absolute Gasteiger partial charge is 0.128 e. The quantitative estimate of drug-likeness (QED) is 0.740. The van der Waals surface area contributed by atoms with E-state index in [4.69, 9.17) is 10.5 Å². The minimum atomic E-state index is 0.0590. The van der Waals surface area contributed by atoms with E-state index in [9.17, 15) is 0 Å². The van der Waals surface area contributed by atoms with Crippen molar-refractivity contribution in [3.63, 3.8) is 0 Å². The fourth-order valence-electron chi connectivity index (χ4n) is 2.05. The highest BCUT2D eigenvalue weighted by Gasteiger charge is 2.25. The molecule has 0 fully saturated rings. The summed E-state index contributed by atoms with van der Waals surface area (Å²) in [6.07, 6.45) is 0. The Morgan fingerprint density at radius 1 is 1.43 bits per heavy atom. The zero-order valence-corrected chi connectivity index (χ0v) is 9.00. The highest BCUT2D eigenvalue weighted by molar-refractivity contribution is 5.51. The molecule has 0 saturated carbocycles. The zero-order valence-electron chi connectivity index (χ0n) is 9.00. The minimum absolute atomic E-state index is 0.0590. The molecule has 1 aliphatic heterocycles. The lowest BCUT2D eigenvalue weighted by molar-refractivity contribution is 0.329. The van der Waals surface area contributed by atoms with E-state index < -0.39 is 0 Å². The van der Waals surface area contributed by atoms with Gasteiger partial charge in [0.25, 0.3) is 0 Å². The molecule has 2 nitrogen and oxygen atoms in total. The van der Waals surface area contributed by atoms with Crippen molar-refractivity contribution >= 4 is 0 Å². The minimum Gasteiger partial charge on any atom is -0.491 e. The molecule has 1 atom stereocenters. The van der Waals surface area contributed by atoms with Crippen molar-refractivity contribution in [1.29, 1.82) is 0 Å². The summed E-state index contributed by atoms with van der Waals surface area (Å²) in [5.41, 5.74) is 9.72. The van der Waals surface area contributed by atoms with Gasteiger partial charge in [-0.15, -0.1) is 0 Å². The molecule has 0 unspecified atom stereocenters. The van der Waals surface area contributed by atoms with Crippen LogP contribution in [0, 0.1) is 6.92 Å². The second kappa shape index (κ2) is 3.28. The van der Waals surface area contributed by atoms with E-state index in [1.54, 1.807) is 0 Å². The number of nitrogens with two attached hydrogens (primary N) is 1. The summed E-state index contributed by atoms with van der Waals surface area (Å²) in [6, 6.07) is 4.35.